The topological polar surface area (TPSA) is 88.9 Å². The number of nitrogens with one attached hydrogen (secondary N) is 1. The van der Waals surface area contributed by atoms with Crippen molar-refractivity contribution >= 4 is 6.03 Å². The highest BCUT2D eigenvalue weighted by atomic mass is 19.4. The number of benzene rings is 1. The number of carbonyl (C=O) groups is 1. The van der Waals surface area contributed by atoms with E-state index in [1.54, 1.807) is 12.3 Å². The van der Waals surface area contributed by atoms with Gasteiger partial charge in [0.15, 0.2) is 0 Å². The number of rotatable bonds is 3. The van der Waals surface area contributed by atoms with Gasteiger partial charge in [-0.1, -0.05) is 6.07 Å². The molecule has 1 atom stereocenters. The number of amides is 2. The molecule has 32 heavy (non-hydrogen) atoms. The highest BCUT2D eigenvalue weighted by Gasteiger charge is 2.54. The van der Waals surface area contributed by atoms with Gasteiger partial charge in [0.1, 0.15) is 0 Å². The molecule has 2 aromatic rings. The van der Waals surface area contributed by atoms with Crippen molar-refractivity contribution in [3.8, 4) is 6.07 Å². The molecule has 3 aliphatic rings. The predicted molar refractivity (Wildman–Crippen MR) is 107 cm³/mol. The Balaban J connectivity index is 1.11. The fraction of sp³-hybridized carbons (Fsp3) is 0.545. The van der Waals surface area contributed by atoms with Crippen LogP contribution in [0.25, 0.3) is 0 Å². The number of nitrogens with zero attached hydrogens (tertiary/aromatic N) is 5. The predicted octanol–water partition coefficient (Wildman–Crippen LogP) is 3.56. The van der Waals surface area contributed by atoms with Gasteiger partial charge in [-0.15, -0.1) is 0 Å². The van der Waals surface area contributed by atoms with E-state index in [-0.39, 0.29) is 22.9 Å². The van der Waals surface area contributed by atoms with Gasteiger partial charge >= 0.3 is 12.2 Å². The van der Waals surface area contributed by atoms with Gasteiger partial charge in [-0.25, -0.2) is 4.79 Å². The molecule has 7 nitrogen and oxygen atoms in total. The summed E-state index contributed by atoms with van der Waals surface area (Å²) in [6.07, 6.45) is 0.659. The van der Waals surface area contributed by atoms with Gasteiger partial charge in [-0.05, 0) is 49.3 Å². The van der Waals surface area contributed by atoms with E-state index in [1.165, 1.54) is 12.1 Å². The Labute approximate surface area is 183 Å². The van der Waals surface area contributed by atoms with Gasteiger partial charge in [0, 0.05) is 37.5 Å². The van der Waals surface area contributed by atoms with E-state index in [0.29, 0.717) is 18.9 Å². The average Bonchev–Trinajstić information content (AvgIpc) is 3.38. The molecule has 1 aliphatic carbocycles. The Bertz CT molecular complexity index is 1050. The molecule has 168 valence electrons. The number of likely N-dealkylation sites (tertiary alicyclic amines) is 2. The summed E-state index contributed by atoms with van der Waals surface area (Å²) in [4.78, 5) is 16.6. The van der Waals surface area contributed by atoms with Gasteiger partial charge in [-0.2, -0.15) is 33.8 Å². The lowest BCUT2D eigenvalue weighted by molar-refractivity contribution is -0.137. The molecule has 0 radical (unpaired) electrons. The Kier molecular flexibility index (Phi) is 4.87. The minimum atomic E-state index is -4.52. The molecule has 3 fully saturated rings. The first-order chi connectivity index (χ1) is 15.3. The minimum absolute atomic E-state index is 0.0754. The molecule has 1 aromatic heterocycles. The largest absolute Gasteiger partial charge is 0.417 e. The minimum Gasteiger partial charge on any atom is -0.324 e. The van der Waals surface area contributed by atoms with Crippen LogP contribution in [0.4, 0.5) is 18.0 Å². The molecule has 2 aliphatic heterocycles. The van der Waals surface area contributed by atoms with Gasteiger partial charge in [0.25, 0.3) is 0 Å². The second-order valence-electron chi connectivity index (χ2n) is 9.43. The number of alkyl halides is 3. The zero-order valence-electron chi connectivity index (χ0n) is 17.4. The van der Waals surface area contributed by atoms with Crippen molar-refractivity contribution in [1.29, 1.82) is 5.26 Å². The molecule has 2 saturated heterocycles. The van der Waals surface area contributed by atoms with Gasteiger partial charge in [-0.3, -0.25) is 0 Å². The molecule has 1 aromatic carbocycles. The Hall–Kier alpha value is -3.09. The van der Waals surface area contributed by atoms with Crippen molar-refractivity contribution in [2.45, 2.75) is 37.8 Å². The number of H-pyrrole nitrogens is 1. The third-order valence-electron chi connectivity index (χ3n) is 7.11. The second kappa shape index (κ2) is 7.50. The summed E-state index contributed by atoms with van der Waals surface area (Å²) in [5, 5.41) is 19.7. The summed E-state index contributed by atoms with van der Waals surface area (Å²) in [5.41, 5.74) is 0.603. The maximum atomic E-state index is 13.0. The van der Waals surface area contributed by atoms with Crippen LogP contribution >= 0.6 is 0 Å². The smallest absolute Gasteiger partial charge is 0.324 e. The second-order valence-corrected chi connectivity index (χ2v) is 9.43. The normalized spacial score (nSPS) is 22.5. The summed E-state index contributed by atoms with van der Waals surface area (Å²) in [7, 11) is 0. The molecule has 1 saturated carbocycles. The molecule has 1 N–H and O–H groups in total. The SMILES string of the molecule is N#Cc1cc(CC2CC3(C2)CN(C(=O)N2CC[C@H](c4cn[nH]n4)C2)C3)ccc1C(F)(F)F. The van der Waals surface area contributed by atoms with Crippen molar-refractivity contribution in [3.05, 3.63) is 46.8 Å². The van der Waals surface area contributed by atoms with Crippen molar-refractivity contribution in [1.82, 2.24) is 25.2 Å². The van der Waals surface area contributed by atoms with E-state index in [2.05, 4.69) is 15.4 Å². The standard InChI is InChI=1S/C22H23F3N6O/c23-22(24,25)18-2-1-14(6-17(18)9-26)5-15-7-21(8-15)12-31(13-21)20(32)30-4-3-16(11-30)19-10-27-29-28-19/h1-2,6,10,15-16H,3-5,7-8,11-13H2,(H,27,28,29)/t16-/m0/s1. The quantitative estimate of drug-likeness (QED) is 0.784. The highest BCUT2D eigenvalue weighted by molar-refractivity contribution is 5.76. The van der Waals surface area contributed by atoms with E-state index in [9.17, 15) is 18.0 Å². The molecule has 2 amide bonds. The van der Waals surface area contributed by atoms with Crippen molar-refractivity contribution in [3.63, 3.8) is 0 Å². The van der Waals surface area contributed by atoms with Crippen molar-refractivity contribution in [2.24, 2.45) is 11.3 Å². The van der Waals surface area contributed by atoms with Crippen LogP contribution < -0.4 is 0 Å². The molecular formula is C22H23F3N6O. The van der Waals surface area contributed by atoms with E-state index in [0.717, 1.165) is 56.2 Å². The van der Waals surface area contributed by atoms with Gasteiger partial charge in [0.05, 0.1) is 29.1 Å². The first-order valence-corrected chi connectivity index (χ1v) is 10.8. The lowest BCUT2D eigenvalue weighted by Crippen LogP contribution is -2.65. The monoisotopic (exact) mass is 444 g/mol. The highest BCUT2D eigenvalue weighted by Crippen LogP contribution is 2.53. The number of aromatic amines is 1. The molecule has 0 unspecified atom stereocenters. The molecule has 0 bridgehead atoms. The van der Waals surface area contributed by atoms with Crippen LogP contribution in [-0.4, -0.2) is 57.4 Å². The third kappa shape index (κ3) is 3.70. The number of aromatic nitrogens is 3. The van der Waals surface area contributed by atoms with Crippen LogP contribution in [0.3, 0.4) is 0 Å². The fourth-order valence-electron chi connectivity index (χ4n) is 5.64. The lowest BCUT2D eigenvalue weighted by atomic mass is 9.56. The fourth-order valence-corrected chi connectivity index (χ4v) is 5.64. The van der Waals surface area contributed by atoms with E-state index >= 15 is 0 Å². The summed E-state index contributed by atoms with van der Waals surface area (Å²) in [6.45, 7) is 2.86. The van der Waals surface area contributed by atoms with Gasteiger partial charge in [0.2, 0.25) is 0 Å². The third-order valence-corrected chi connectivity index (χ3v) is 7.11. The van der Waals surface area contributed by atoms with Crippen LogP contribution in [0.1, 0.15) is 47.6 Å². The number of halogens is 3. The number of carbonyl (C=O) groups excluding carboxylic acids is 1. The molecule has 1 spiro atoms. The number of nitriles is 1. The lowest BCUT2D eigenvalue weighted by Gasteiger charge is -2.59. The van der Waals surface area contributed by atoms with E-state index < -0.39 is 11.7 Å². The first kappa shape index (κ1) is 20.8. The van der Waals surface area contributed by atoms with Crippen LogP contribution in [0, 0.1) is 22.7 Å². The molecular weight excluding hydrogens is 421 g/mol. The summed E-state index contributed by atoms with van der Waals surface area (Å²) >= 11 is 0. The maximum absolute atomic E-state index is 13.0. The van der Waals surface area contributed by atoms with Crippen molar-refractivity contribution < 1.29 is 18.0 Å². The first-order valence-electron chi connectivity index (χ1n) is 10.8. The Morgan fingerprint density at radius 3 is 2.72 bits per heavy atom. The molecule has 3 heterocycles. The van der Waals surface area contributed by atoms with E-state index in [1.807, 2.05) is 9.80 Å². The number of urea groups is 1. The summed E-state index contributed by atoms with van der Waals surface area (Å²) in [6, 6.07) is 5.59. The maximum Gasteiger partial charge on any atom is 0.417 e. The van der Waals surface area contributed by atoms with Crippen LogP contribution in [0.15, 0.2) is 24.4 Å². The Morgan fingerprint density at radius 2 is 2.06 bits per heavy atom. The molecule has 10 heteroatoms. The summed E-state index contributed by atoms with van der Waals surface area (Å²) in [5.74, 6) is 0.599. The number of hydrogen-bond donors (Lipinski definition) is 1. The Morgan fingerprint density at radius 1 is 1.28 bits per heavy atom. The van der Waals surface area contributed by atoms with Crippen LogP contribution in [0.5, 0.6) is 0 Å². The van der Waals surface area contributed by atoms with Crippen LogP contribution in [0.2, 0.25) is 0 Å². The van der Waals surface area contributed by atoms with Crippen LogP contribution in [-0.2, 0) is 12.6 Å². The van der Waals surface area contributed by atoms with Gasteiger partial charge < -0.3 is 9.80 Å². The average molecular weight is 444 g/mol. The summed E-state index contributed by atoms with van der Waals surface area (Å²) < 4.78 is 38.9. The van der Waals surface area contributed by atoms with E-state index in [4.69, 9.17) is 5.26 Å². The molecule has 5 rings (SSSR count). The van der Waals surface area contributed by atoms with Crippen molar-refractivity contribution in [2.75, 3.05) is 26.2 Å². The number of hydrogen-bond acceptors (Lipinski definition) is 4. The zero-order chi connectivity index (χ0) is 22.5. The zero-order valence-corrected chi connectivity index (χ0v) is 17.4.